The molecule has 0 aliphatic heterocycles. The molecule has 0 fully saturated rings. The van der Waals surface area contributed by atoms with Gasteiger partial charge in [-0.15, -0.1) is 0 Å². The lowest BCUT2D eigenvalue weighted by Gasteiger charge is -2.08. The minimum Gasteiger partial charge on any atom is -0.298 e. The first-order chi connectivity index (χ1) is 13.5. The molecule has 0 atom stereocenters. The number of nitrogens with zero attached hydrogens (tertiary/aromatic N) is 1. The zero-order valence-corrected chi connectivity index (χ0v) is 16.1. The van der Waals surface area contributed by atoms with Crippen LogP contribution in [-0.4, -0.2) is 19.3 Å². The van der Waals surface area contributed by atoms with Gasteiger partial charge < -0.3 is 0 Å². The van der Waals surface area contributed by atoms with Crippen molar-refractivity contribution in [3.05, 3.63) is 84.4 Å². The average Bonchev–Trinajstić information content (AvgIpc) is 3.11. The monoisotopic (exact) mass is 409 g/mol. The normalized spacial score (nSPS) is 11.3. The van der Waals surface area contributed by atoms with Crippen LogP contribution >= 0.6 is 11.3 Å². The number of carbonyl (C=O) groups is 1. The summed E-state index contributed by atoms with van der Waals surface area (Å²) >= 11 is 1.38. The Balaban J connectivity index is 1.49. The molecule has 0 radical (unpaired) electrons. The molecule has 4 rings (SSSR count). The van der Waals surface area contributed by atoms with Gasteiger partial charge in [-0.1, -0.05) is 41.7 Å². The first-order valence-electron chi connectivity index (χ1n) is 8.36. The number of hydrogen-bond donors (Lipinski definition) is 2. The number of carbonyl (C=O) groups excluding carboxylic acids is 1. The summed E-state index contributed by atoms with van der Waals surface area (Å²) in [6.45, 7) is 0. The van der Waals surface area contributed by atoms with Crippen molar-refractivity contribution in [1.29, 1.82) is 0 Å². The molecule has 3 aromatic carbocycles. The van der Waals surface area contributed by atoms with Gasteiger partial charge in [-0.25, -0.2) is 13.4 Å². The van der Waals surface area contributed by atoms with Crippen LogP contribution in [0.3, 0.4) is 0 Å². The van der Waals surface area contributed by atoms with Crippen LogP contribution in [0.15, 0.2) is 83.8 Å². The number of hydrogen-bond acceptors (Lipinski definition) is 5. The lowest BCUT2D eigenvalue weighted by Crippen LogP contribution is -2.14. The fourth-order valence-electron chi connectivity index (χ4n) is 2.60. The number of rotatable bonds is 5. The zero-order chi connectivity index (χ0) is 19.6. The van der Waals surface area contributed by atoms with Gasteiger partial charge in [0.15, 0.2) is 5.13 Å². The number of fused-ring (bicyclic) bond motifs is 1. The van der Waals surface area contributed by atoms with E-state index >= 15 is 0 Å². The number of sulfonamides is 1. The summed E-state index contributed by atoms with van der Waals surface area (Å²) in [4.78, 5) is 16.9. The maximum atomic E-state index is 12.5. The smallest absolute Gasteiger partial charge is 0.261 e. The van der Waals surface area contributed by atoms with E-state index in [4.69, 9.17) is 0 Å². The number of aromatic nitrogens is 1. The van der Waals surface area contributed by atoms with Crippen molar-refractivity contribution in [3.63, 3.8) is 0 Å². The Kier molecular flexibility index (Phi) is 4.81. The van der Waals surface area contributed by atoms with E-state index in [2.05, 4.69) is 15.0 Å². The molecule has 0 unspecified atom stereocenters. The van der Waals surface area contributed by atoms with E-state index in [1.807, 2.05) is 24.3 Å². The third-order valence-corrected chi connectivity index (χ3v) is 6.32. The molecule has 2 N–H and O–H groups in total. The molecule has 1 heterocycles. The molecular weight excluding hydrogens is 394 g/mol. The second kappa shape index (κ2) is 7.41. The summed E-state index contributed by atoms with van der Waals surface area (Å²) in [5, 5.41) is 3.24. The van der Waals surface area contributed by atoms with Crippen LogP contribution in [0.1, 0.15) is 10.4 Å². The van der Waals surface area contributed by atoms with Gasteiger partial charge in [-0.05, 0) is 48.5 Å². The van der Waals surface area contributed by atoms with Gasteiger partial charge in [0.05, 0.1) is 15.1 Å². The highest BCUT2D eigenvalue weighted by atomic mass is 32.2. The molecule has 0 saturated carbocycles. The van der Waals surface area contributed by atoms with E-state index in [0.717, 1.165) is 10.2 Å². The summed E-state index contributed by atoms with van der Waals surface area (Å²) in [5.41, 5.74) is 1.63. The van der Waals surface area contributed by atoms with Gasteiger partial charge in [0, 0.05) is 11.3 Å². The van der Waals surface area contributed by atoms with Gasteiger partial charge in [-0.3, -0.25) is 14.8 Å². The third kappa shape index (κ3) is 3.88. The van der Waals surface area contributed by atoms with Crippen LogP contribution < -0.4 is 10.0 Å². The maximum Gasteiger partial charge on any atom is 0.261 e. The van der Waals surface area contributed by atoms with E-state index in [-0.39, 0.29) is 10.8 Å². The quantitative estimate of drug-likeness (QED) is 0.513. The Bertz CT molecular complexity index is 1200. The van der Waals surface area contributed by atoms with Gasteiger partial charge in [0.1, 0.15) is 0 Å². The number of anilines is 2. The van der Waals surface area contributed by atoms with Crippen LogP contribution in [0, 0.1) is 0 Å². The molecule has 0 saturated heterocycles. The highest BCUT2D eigenvalue weighted by Crippen LogP contribution is 2.26. The highest BCUT2D eigenvalue weighted by Gasteiger charge is 2.16. The fraction of sp³-hybridized carbons (Fsp3) is 0. The van der Waals surface area contributed by atoms with Gasteiger partial charge in [-0.2, -0.15) is 0 Å². The number of nitrogens with one attached hydrogen (secondary N) is 2. The number of thiazole rings is 1. The van der Waals surface area contributed by atoms with Crippen LogP contribution in [0.25, 0.3) is 10.2 Å². The second-order valence-corrected chi connectivity index (χ2v) is 8.65. The van der Waals surface area contributed by atoms with Gasteiger partial charge in [0.25, 0.3) is 15.9 Å². The first kappa shape index (κ1) is 18.1. The fourth-order valence-corrected chi connectivity index (χ4v) is 4.52. The standard InChI is InChI=1S/C20H15N3O3S2/c24-19(22-20-21-17-8-4-5-9-18(17)27-20)14-10-12-16(13-11-14)28(25,26)23-15-6-2-1-3-7-15/h1-13,23H,(H,21,22,24). The van der Waals surface area contributed by atoms with Crippen molar-refractivity contribution >= 4 is 48.3 Å². The maximum absolute atomic E-state index is 12.5. The summed E-state index contributed by atoms with van der Waals surface area (Å²) in [6.07, 6.45) is 0. The molecule has 1 amide bonds. The molecule has 140 valence electrons. The molecule has 28 heavy (non-hydrogen) atoms. The molecule has 1 aromatic heterocycles. The summed E-state index contributed by atoms with van der Waals surface area (Å²) < 4.78 is 28.4. The minimum atomic E-state index is -3.72. The van der Waals surface area contributed by atoms with Gasteiger partial charge >= 0.3 is 0 Å². The average molecular weight is 409 g/mol. The zero-order valence-electron chi connectivity index (χ0n) is 14.5. The molecule has 0 aliphatic carbocycles. The van der Waals surface area contributed by atoms with Crippen LogP contribution in [0.2, 0.25) is 0 Å². The van der Waals surface area contributed by atoms with Crippen LogP contribution in [0.5, 0.6) is 0 Å². The topological polar surface area (TPSA) is 88.2 Å². The van der Waals surface area contributed by atoms with Crippen LogP contribution in [0.4, 0.5) is 10.8 Å². The van der Waals surface area contributed by atoms with Crippen molar-refractivity contribution in [2.75, 3.05) is 10.0 Å². The lowest BCUT2D eigenvalue weighted by molar-refractivity contribution is 0.102. The van der Waals surface area contributed by atoms with Crippen molar-refractivity contribution in [2.45, 2.75) is 4.90 Å². The molecule has 0 spiro atoms. The molecule has 8 heteroatoms. The van der Waals surface area contributed by atoms with E-state index < -0.39 is 10.0 Å². The Morgan fingerprint density at radius 3 is 2.25 bits per heavy atom. The first-order valence-corrected chi connectivity index (χ1v) is 10.7. The minimum absolute atomic E-state index is 0.0768. The number of benzene rings is 3. The molecular formula is C20H15N3O3S2. The van der Waals surface area contributed by atoms with Gasteiger partial charge in [0.2, 0.25) is 0 Å². The summed E-state index contributed by atoms with van der Waals surface area (Å²) in [7, 11) is -3.72. The van der Waals surface area contributed by atoms with E-state index in [9.17, 15) is 13.2 Å². The van der Waals surface area contributed by atoms with Crippen molar-refractivity contribution in [3.8, 4) is 0 Å². The Morgan fingerprint density at radius 1 is 0.857 bits per heavy atom. The predicted octanol–water partition coefficient (Wildman–Crippen LogP) is 4.35. The molecule has 0 bridgehead atoms. The van der Waals surface area contributed by atoms with E-state index in [1.165, 1.54) is 35.6 Å². The molecule has 6 nitrogen and oxygen atoms in total. The highest BCUT2D eigenvalue weighted by molar-refractivity contribution is 7.92. The Labute approximate surface area is 165 Å². The van der Waals surface area contributed by atoms with E-state index in [0.29, 0.717) is 16.4 Å². The van der Waals surface area contributed by atoms with Crippen molar-refractivity contribution in [2.24, 2.45) is 0 Å². The molecule has 0 aliphatic rings. The SMILES string of the molecule is O=C(Nc1nc2ccccc2s1)c1ccc(S(=O)(=O)Nc2ccccc2)cc1. The molecule has 4 aromatic rings. The van der Waals surface area contributed by atoms with E-state index in [1.54, 1.807) is 30.3 Å². The van der Waals surface area contributed by atoms with Crippen LogP contribution in [-0.2, 0) is 10.0 Å². The lowest BCUT2D eigenvalue weighted by atomic mass is 10.2. The second-order valence-electron chi connectivity index (χ2n) is 5.94. The summed E-state index contributed by atoms with van der Waals surface area (Å²) in [6, 6.07) is 22.0. The Morgan fingerprint density at radius 2 is 1.54 bits per heavy atom. The summed E-state index contributed by atoms with van der Waals surface area (Å²) in [5.74, 6) is -0.348. The predicted molar refractivity (Wildman–Crippen MR) is 111 cm³/mol. The largest absolute Gasteiger partial charge is 0.298 e. The number of amides is 1. The van der Waals surface area contributed by atoms with Crippen molar-refractivity contribution in [1.82, 2.24) is 4.98 Å². The Hall–Kier alpha value is -3.23. The number of para-hydroxylation sites is 2. The van der Waals surface area contributed by atoms with Crippen molar-refractivity contribution < 1.29 is 13.2 Å². The third-order valence-electron chi connectivity index (χ3n) is 3.97.